The number of nitrogens with one attached hydrogen (secondary N) is 2. The Morgan fingerprint density at radius 3 is 2.15 bits per heavy atom. The molecule has 0 rings (SSSR count). The average Bonchev–Trinajstić information content (AvgIpc) is 2.28. The minimum absolute atomic E-state index is 0.133. The molecule has 0 aliphatic carbocycles. The molecule has 0 aromatic rings. The summed E-state index contributed by atoms with van der Waals surface area (Å²) in [5.74, 6) is 0.509. The molecule has 0 aliphatic rings. The largest absolute Gasteiger partial charge is 0.499 e. The molecule has 116 valence electrons. The standard InChI is InChI=1S/C14H26N2O3S/c1-11(19-6)13(16-20(7,17)18)10-12(8-9-15-5)14(2,3)4/h8-10,15-16H,1-7H3/b9-8+,12-10+,13-11-. The lowest BCUT2D eigenvalue weighted by Gasteiger charge is -2.21. The Bertz CT molecular complexity index is 509. The zero-order chi connectivity index (χ0) is 16.0. The predicted molar refractivity (Wildman–Crippen MR) is 83.4 cm³/mol. The van der Waals surface area contributed by atoms with E-state index in [2.05, 4.69) is 30.8 Å². The third kappa shape index (κ3) is 7.23. The van der Waals surface area contributed by atoms with Crippen LogP contribution in [-0.4, -0.2) is 28.8 Å². The van der Waals surface area contributed by atoms with Gasteiger partial charge in [0.1, 0.15) is 5.76 Å². The molecule has 0 spiro atoms. The van der Waals surface area contributed by atoms with Gasteiger partial charge in [-0.3, -0.25) is 4.72 Å². The van der Waals surface area contributed by atoms with Crippen LogP contribution in [0.15, 0.2) is 35.4 Å². The molecule has 0 saturated carbocycles. The lowest BCUT2D eigenvalue weighted by molar-refractivity contribution is 0.288. The van der Waals surface area contributed by atoms with Gasteiger partial charge in [0, 0.05) is 7.05 Å². The van der Waals surface area contributed by atoms with Crippen LogP contribution < -0.4 is 10.0 Å². The number of ether oxygens (including phenoxy) is 1. The van der Waals surface area contributed by atoms with E-state index in [1.807, 2.05) is 13.1 Å². The van der Waals surface area contributed by atoms with Crippen molar-refractivity contribution in [3.05, 3.63) is 35.4 Å². The second kappa shape index (κ2) is 7.38. The molecular formula is C14H26N2O3S. The van der Waals surface area contributed by atoms with E-state index in [1.54, 1.807) is 19.2 Å². The molecule has 2 N–H and O–H groups in total. The summed E-state index contributed by atoms with van der Waals surface area (Å²) in [6, 6.07) is 0. The van der Waals surface area contributed by atoms with Crippen LogP contribution in [0.1, 0.15) is 27.7 Å². The lowest BCUT2D eigenvalue weighted by Crippen LogP contribution is -2.23. The monoisotopic (exact) mass is 302 g/mol. The van der Waals surface area contributed by atoms with Gasteiger partial charge in [0.2, 0.25) is 10.0 Å². The molecule has 0 fully saturated rings. The van der Waals surface area contributed by atoms with E-state index in [0.717, 1.165) is 11.8 Å². The minimum Gasteiger partial charge on any atom is -0.499 e. The van der Waals surface area contributed by atoms with Crippen LogP contribution in [0.4, 0.5) is 0 Å². The van der Waals surface area contributed by atoms with Crippen LogP contribution >= 0.6 is 0 Å². The molecule has 5 nitrogen and oxygen atoms in total. The van der Waals surface area contributed by atoms with E-state index >= 15 is 0 Å². The molecule has 0 aliphatic heterocycles. The topological polar surface area (TPSA) is 67.4 Å². The molecule has 0 atom stereocenters. The molecule has 0 amide bonds. The highest BCUT2D eigenvalue weighted by Gasteiger charge is 2.17. The molecule has 0 heterocycles. The summed E-state index contributed by atoms with van der Waals surface area (Å²) in [5, 5.41) is 2.93. The summed E-state index contributed by atoms with van der Waals surface area (Å²) in [5.41, 5.74) is 1.27. The molecule has 0 aromatic heterocycles. The van der Waals surface area contributed by atoms with Gasteiger partial charge in [-0.05, 0) is 36.3 Å². The maximum atomic E-state index is 11.4. The summed E-state index contributed by atoms with van der Waals surface area (Å²) in [4.78, 5) is 0. The Morgan fingerprint density at radius 2 is 1.80 bits per heavy atom. The quantitative estimate of drug-likeness (QED) is 0.582. The first-order valence-corrected chi connectivity index (χ1v) is 8.19. The van der Waals surface area contributed by atoms with E-state index in [9.17, 15) is 8.42 Å². The van der Waals surface area contributed by atoms with E-state index < -0.39 is 10.0 Å². The molecule has 0 aromatic carbocycles. The maximum absolute atomic E-state index is 11.4. The van der Waals surface area contributed by atoms with E-state index in [-0.39, 0.29) is 5.41 Å². The van der Waals surface area contributed by atoms with Crippen LogP contribution in [0.2, 0.25) is 0 Å². The Kier molecular flexibility index (Phi) is 6.85. The fourth-order valence-corrected chi connectivity index (χ4v) is 1.96. The molecule has 0 unspecified atom stereocenters. The minimum atomic E-state index is -3.36. The second-order valence-electron chi connectivity index (χ2n) is 5.52. The lowest BCUT2D eigenvalue weighted by atomic mass is 9.85. The van der Waals surface area contributed by atoms with Crippen molar-refractivity contribution in [3.8, 4) is 0 Å². The fourth-order valence-electron chi connectivity index (χ4n) is 1.36. The molecular weight excluding hydrogens is 276 g/mol. The SMILES string of the molecule is CN/C=C/C(=C\C(NS(C)(=O)=O)=C(/C)OC)C(C)(C)C. The zero-order valence-corrected chi connectivity index (χ0v) is 14.2. The molecule has 0 bridgehead atoms. The molecule has 0 radical (unpaired) electrons. The average molecular weight is 302 g/mol. The normalized spacial score (nSPS) is 15.1. The van der Waals surface area contributed by atoms with Crippen molar-refractivity contribution in [1.82, 2.24) is 10.0 Å². The summed E-state index contributed by atoms with van der Waals surface area (Å²) < 4.78 is 30.5. The second-order valence-corrected chi connectivity index (χ2v) is 7.27. The summed E-state index contributed by atoms with van der Waals surface area (Å²) >= 11 is 0. The van der Waals surface area contributed by atoms with Gasteiger partial charge in [0.05, 0.1) is 19.1 Å². The highest BCUT2D eigenvalue weighted by molar-refractivity contribution is 7.88. The van der Waals surface area contributed by atoms with Crippen molar-refractivity contribution in [2.45, 2.75) is 27.7 Å². The first-order valence-electron chi connectivity index (χ1n) is 6.30. The highest BCUT2D eigenvalue weighted by atomic mass is 32.2. The molecule has 0 saturated heterocycles. The predicted octanol–water partition coefficient (Wildman–Crippen LogP) is 2.12. The first-order chi connectivity index (χ1) is 9.01. The maximum Gasteiger partial charge on any atom is 0.229 e. The van der Waals surface area contributed by atoms with Crippen LogP contribution in [0.3, 0.4) is 0 Å². The fraction of sp³-hybridized carbons (Fsp3) is 0.571. The third-order valence-electron chi connectivity index (χ3n) is 2.58. The van der Waals surface area contributed by atoms with Gasteiger partial charge in [-0.15, -0.1) is 0 Å². The van der Waals surface area contributed by atoms with Crippen LogP contribution in [0.25, 0.3) is 0 Å². The number of hydrogen-bond acceptors (Lipinski definition) is 4. The number of hydrogen-bond donors (Lipinski definition) is 2. The van der Waals surface area contributed by atoms with E-state index in [4.69, 9.17) is 4.74 Å². The van der Waals surface area contributed by atoms with E-state index in [1.165, 1.54) is 7.11 Å². The van der Waals surface area contributed by atoms with Gasteiger partial charge in [-0.1, -0.05) is 20.8 Å². The van der Waals surface area contributed by atoms with Crippen molar-refractivity contribution in [3.63, 3.8) is 0 Å². The van der Waals surface area contributed by atoms with Crippen molar-refractivity contribution in [1.29, 1.82) is 0 Å². The number of methoxy groups -OCH3 is 1. The van der Waals surface area contributed by atoms with Crippen LogP contribution in [-0.2, 0) is 14.8 Å². The van der Waals surface area contributed by atoms with Gasteiger partial charge in [-0.2, -0.15) is 0 Å². The van der Waals surface area contributed by atoms with Crippen molar-refractivity contribution >= 4 is 10.0 Å². The van der Waals surface area contributed by atoms with Crippen molar-refractivity contribution in [2.24, 2.45) is 5.41 Å². The number of sulfonamides is 1. The summed E-state index contributed by atoms with van der Waals surface area (Å²) in [6.45, 7) is 7.88. The molecule has 6 heteroatoms. The van der Waals surface area contributed by atoms with Crippen LogP contribution in [0, 0.1) is 5.41 Å². The summed E-state index contributed by atoms with van der Waals surface area (Å²) in [7, 11) is -0.0467. The molecule has 20 heavy (non-hydrogen) atoms. The van der Waals surface area contributed by atoms with E-state index in [0.29, 0.717) is 11.5 Å². The van der Waals surface area contributed by atoms with Crippen LogP contribution in [0.5, 0.6) is 0 Å². The van der Waals surface area contributed by atoms with Gasteiger partial charge in [0.15, 0.2) is 0 Å². The van der Waals surface area contributed by atoms with Gasteiger partial charge < -0.3 is 10.1 Å². The van der Waals surface area contributed by atoms with Gasteiger partial charge in [0.25, 0.3) is 0 Å². The number of allylic oxidation sites excluding steroid dienone is 4. The Hall–Kier alpha value is -1.43. The zero-order valence-electron chi connectivity index (χ0n) is 13.4. The van der Waals surface area contributed by atoms with Crippen molar-refractivity contribution in [2.75, 3.05) is 20.4 Å². The Labute approximate surface area is 122 Å². The summed E-state index contributed by atoms with van der Waals surface area (Å²) in [6.07, 6.45) is 6.61. The smallest absolute Gasteiger partial charge is 0.229 e. The number of rotatable bonds is 6. The van der Waals surface area contributed by atoms with Gasteiger partial charge in [-0.25, -0.2) is 8.42 Å². The first kappa shape index (κ1) is 18.6. The van der Waals surface area contributed by atoms with Gasteiger partial charge >= 0.3 is 0 Å². The highest BCUT2D eigenvalue weighted by Crippen LogP contribution is 2.27. The Balaban J connectivity index is 5.79. The Morgan fingerprint density at radius 1 is 1.25 bits per heavy atom. The third-order valence-corrected chi connectivity index (χ3v) is 3.17. The van der Waals surface area contributed by atoms with Crippen molar-refractivity contribution < 1.29 is 13.2 Å².